The molecule has 17 heavy (non-hydrogen) atoms. The number of nitrogens with one attached hydrogen (secondary N) is 2. The zero-order chi connectivity index (χ0) is 12.3. The third kappa shape index (κ3) is 3.48. The van der Waals surface area contributed by atoms with Crippen LogP contribution in [0.15, 0.2) is 10.4 Å². The van der Waals surface area contributed by atoms with Gasteiger partial charge in [-0.05, 0) is 39.3 Å². The number of aryl methyl sites for hydroxylation is 1. The molecule has 1 saturated heterocycles. The van der Waals surface area contributed by atoms with Crippen molar-refractivity contribution < 1.29 is 8.42 Å². The first kappa shape index (κ1) is 12.9. The second-order valence-corrected chi connectivity index (χ2v) is 7.37. The van der Waals surface area contributed by atoms with Crippen molar-refractivity contribution in [3.8, 4) is 0 Å². The van der Waals surface area contributed by atoms with Gasteiger partial charge in [-0.15, -0.1) is 11.3 Å². The van der Waals surface area contributed by atoms with E-state index < -0.39 is 10.0 Å². The highest BCUT2D eigenvalue weighted by Crippen LogP contribution is 2.19. The van der Waals surface area contributed by atoms with Crippen molar-refractivity contribution >= 4 is 21.4 Å². The normalized spacial score (nSPS) is 22.3. The minimum atomic E-state index is -3.38. The Hall–Kier alpha value is -0.500. The first-order chi connectivity index (χ1) is 8.08. The van der Waals surface area contributed by atoms with Gasteiger partial charge in [0.2, 0.25) is 0 Å². The highest BCUT2D eigenvalue weighted by atomic mass is 32.2. The fourth-order valence-corrected chi connectivity index (χ4v) is 4.31. The monoisotopic (exact) mass is 275 g/mol. The van der Waals surface area contributed by atoms with Gasteiger partial charge >= 0.3 is 0 Å². The molecule has 0 aromatic carbocycles. The standard InChI is InChI=1S/C10H17N3O2S2/c1-8-12-7-10(16-8)17(14,15)13-9-3-2-5-11-6-4-9/h7,9,11,13H,2-6H2,1H3. The summed E-state index contributed by atoms with van der Waals surface area (Å²) in [5.74, 6) is 0. The summed E-state index contributed by atoms with van der Waals surface area (Å²) in [4.78, 5) is 3.98. The molecule has 1 aromatic rings. The molecular formula is C10H17N3O2S2. The van der Waals surface area contributed by atoms with E-state index in [1.165, 1.54) is 17.5 Å². The molecule has 1 unspecified atom stereocenters. The van der Waals surface area contributed by atoms with Crippen molar-refractivity contribution in [2.75, 3.05) is 13.1 Å². The number of rotatable bonds is 3. The van der Waals surface area contributed by atoms with Gasteiger partial charge in [-0.25, -0.2) is 18.1 Å². The predicted molar refractivity (Wildman–Crippen MR) is 67.7 cm³/mol. The Morgan fingerprint density at radius 3 is 3.00 bits per heavy atom. The first-order valence-electron chi connectivity index (χ1n) is 5.73. The Morgan fingerprint density at radius 1 is 1.47 bits per heavy atom. The van der Waals surface area contributed by atoms with Crippen LogP contribution in [0.5, 0.6) is 0 Å². The Labute approximate surface area is 106 Å². The summed E-state index contributed by atoms with van der Waals surface area (Å²) in [6, 6.07) is 0.0393. The van der Waals surface area contributed by atoms with E-state index in [1.807, 2.05) is 0 Å². The van der Waals surface area contributed by atoms with Crippen LogP contribution >= 0.6 is 11.3 Å². The van der Waals surface area contributed by atoms with E-state index in [2.05, 4.69) is 15.0 Å². The van der Waals surface area contributed by atoms with Crippen LogP contribution in [0.2, 0.25) is 0 Å². The molecular weight excluding hydrogens is 258 g/mol. The van der Waals surface area contributed by atoms with Crippen LogP contribution in [0.4, 0.5) is 0 Å². The van der Waals surface area contributed by atoms with Crippen LogP contribution in [-0.2, 0) is 10.0 Å². The van der Waals surface area contributed by atoms with Gasteiger partial charge in [-0.1, -0.05) is 0 Å². The molecule has 1 aliphatic heterocycles. The molecule has 5 nitrogen and oxygen atoms in total. The van der Waals surface area contributed by atoms with Gasteiger partial charge in [0.05, 0.1) is 11.2 Å². The molecule has 0 aliphatic carbocycles. The van der Waals surface area contributed by atoms with Crippen LogP contribution in [0, 0.1) is 6.92 Å². The Kier molecular flexibility index (Phi) is 4.13. The lowest BCUT2D eigenvalue weighted by atomic mass is 10.1. The molecule has 96 valence electrons. The van der Waals surface area contributed by atoms with E-state index in [0.717, 1.165) is 37.4 Å². The number of aromatic nitrogens is 1. The van der Waals surface area contributed by atoms with Gasteiger partial charge in [0.25, 0.3) is 10.0 Å². The molecule has 1 aliphatic rings. The Morgan fingerprint density at radius 2 is 2.29 bits per heavy atom. The second kappa shape index (κ2) is 5.43. The minimum absolute atomic E-state index is 0.0393. The summed E-state index contributed by atoms with van der Waals surface area (Å²) in [5.41, 5.74) is 0. The lowest BCUT2D eigenvalue weighted by Crippen LogP contribution is -2.35. The molecule has 7 heteroatoms. The smallest absolute Gasteiger partial charge is 0.251 e. The van der Waals surface area contributed by atoms with E-state index >= 15 is 0 Å². The van der Waals surface area contributed by atoms with E-state index in [-0.39, 0.29) is 6.04 Å². The van der Waals surface area contributed by atoms with Crippen molar-refractivity contribution in [2.24, 2.45) is 0 Å². The largest absolute Gasteiger partial charge is 0.317 e. The van der Waals surface area contributed by atoms with Gasteiger partial charge in [0, 0.05) is 6.04 Å². The van der Waals surface area contributed by atoms with Crippen molar-refractivity contribution in [3.05, 3.63) is 11.2 Å². The van der Waals surface area contributed by atoms with Crippen LogP contribution in [-0.4, -0.2) is 32.5 Å². The molecule has 1 fully saturated rings. The predicted octanol–water partition coefficient (Wildman–Crippen LogP) is 0.872. The van der Waals surface area contributed by atoms with Gasteiger partial charge in [-0.3, -0.25) is 0 Å². The average molecular weight is 275 g/mol. The zero-order valence-corrected chi connectivity index (χ0v) is 11.4. The van der Waals surface area contributed by atoms with Gasteiger partial charge in [0.1, 0.15) is 0 Å². The molecule has 2 N–H and O–H groups in total. The fourth-order valence-electron chi connectivity index (χ4n) is 1.88. The SMILES string of the molecule is Cc1ncc(S(=O)(=O)NC2CCCNCC2)s1. The summed E-state index contributed by atoms with van der Waals surface area (Å²) in [6.45, 7) is 3.64. The van der Waals surface area contributed by atoms with Crippen molar-refractivity contribution in [1.82, 2.24) is 15.0 Å². The van der Waals surface area contributed by atoms with Gasteiger partial charge < -0.3 is 5.32 Å². The molecule has 2 heterocycles. The zero-order valence-electron chi connectivity index (χ0n) is 9.77. The summed E-state index contributed by atoms with van der Waals surface area (Å²) in [5, 5.41) is 4.03. The lowest BCUT2D eigenvalue weighted by Gasteiger charge is -2.14. The van der Waals surface area contributed by atoms with E-state index in [4.69, 9.17) is 0 Å². The average Bonchev–Trinajstić information content (AvgIpc) is 2.55. The highest BCUT2D eigenvalue weighted by Gasteiger charge is 2.22. The second-order valence-electron chi connectivity index (χ2n) is 4.20. The Balaban J connectivity index is 2.06. The van der Waals surface area contributed by atoms with Crippen molar-refractivity contribution in [1.29, 1.82) is 0 Å². The maximum atomic E-state index is 12.1. The third-order valence-corrected chi connectivity index (χ3v) is 5.66. The van der Waals surface area contributed by atoms with Gasteiger partial charge in [-0.2, -0.15) is 0 Å². The summed E-state index contributed by atoms with van der Waals surface area (Å²) < 4.78 is 27.2. The molecule has 0 spiro atoms. The molecule has 0 radical (unpaired) electrons. The first-order valence-corrected chi connectivity index (χ1v) is 8.03. The third-order valence-electron chi connectivity index (χ3n) is 2.76. The molecule has 0 amide bonds. The van der Waals surface area contributed by atoms with Crippen molar-refractivity contribution in [2.45, 2.75) is 36.4 Å². The Bertz CT molecular complexity index is 462. The van der Waals surface area contributed by atoms with Crippen LogP contribution in [0.25, 0.3) is 0 Å². The maximum Gasteiger partial charge on any atom is 0.251 e. The maximum absolute atomic E-state index is 12.1. The van der Waals surface area contributed by atoms with Crippen LogP contribution in [0.1, 0.15) is 24.3 Å². The quantitative estimate of drug-likeness (QED) is 0.859. The molecule has 0 bridgehead atoms. The van der Waals surface area contributed by atoms with Crippen LogP contribution < -0.4 is 10.0 Å². The molecule has 0 saturated carbocycles. The summed E-state index contributed by atoms with van der Waals surface area (Å²) in [7, 11) is -3.38. The van der Waals surface area contributed by atoms with Gasteiger partial charge in [0.15, 0.2) is 4.21 Å². The topological polar surface area (TPSA) is 71.1 Å². The van der Waals surface area contributed by atoms with Crippen LogP contribution in [0.3, 0.4) is 0 Å². The minimum Gasteiger partial charge on any atom is -0.317 e. The number of hydrogen-bond acceptors (Lipinski definition) is 5. The van der Waals surface area contributed by atoms with E-state index in [9.17, 15) is 8.42 Å². The number of hydrogen-bond donors (Lipinski definition) is 2. The molecule has 1 atom stereocenters. The lowest BCUT2D eigenvalue weighted by molar-refractivity contribution is 0.519. The number of thiazole rings is 1. The van der Waals surface area contributed by atoms with E-state index in [1.54, 1.807) is 6.92 Å². The number of nitrogens with zero attached hydrogens (tertiary/aromatic N) is 1. The number of sulfonamides is 1. The summed E-state index contributed by atoms with van der Waals surface area (Å²) >= 11 is 1.21. The van der Waals surface area contributed by atoms with E-state index in [0.29, 0.717) is 4.21 Å². The highest BCUT2D eigenvalue weighted by molar-refractivity contribution is 7.91. The van der Waals surface area contributed by atoms with Crippen molar-refractivity contribution in [3.63, 3.8) is 0 Å². The fraction of sp³-hybridized carbons (Fsp3) is 0.700. The molecule has 1 aromatic heterocycles. The summed E-state index contributed by atoms with van der Waals surface area (Å²) in [6.07, 6.45) is 4.17. The molecule has 2 rings (SSSR count).